The highest BCUT2D eigenvalue weighted by Crippen LogP contribution is 2.19. The summed E-state index contributed by atoms with van der Waals surface area (Å²) in [6.07, 6.45) is 0. The van der Waals surface area contributed by atoms with Crippen LogP contribution in [0.15, 0.2) is 42.5 Å². The predicted molar refractivity (Wildman–Crippen MR) is 120 cm³/mol. The van der Waals surface area contributed by atoms with Crippen LogP contribution in [0.1, 0.15) is 49.9 Å². The van der Waals surface area contributed by atoms with Gasteiger partial charge in [0.2, 0.25) is 5.91 Å². The zero-order valence-electron chi connectivity index (χ0n) is 19.2. The molecule has 0 radical (unpaired) electrons. The van der Waals surface area contributed by atoms with Gasteiger partial charge in [-0.3, -0.25) is 9.59 Å². The Balaban J connectivity index is 2.18. The monoisotopic (exact) mass is 410 g/mol. The van der Waals surface area contributed by atoms with E-state index in [0.29, 0.717) is 12.3 Å². The van der Waals surface area contributed by atoms with Crippen LogP contribution in [0.4, 0.5) is 0 Å². The van der Waals surface area contributed by atoms with Crippen molar-refractivity contribution in [2.45, 2.75) is 66.6 Å². The van der Waals surface area contributed by atoms with Gasteiger partial charge in [-0.05, 0) is 65.7 Å². The first-order chi connectivity index (χ1) is 14.0. The average molecular weight is 411 g/mol. The van der Waals surface area contributed by atoms with Gasteiger partial charge in [0.25, 0.3) is 5.91 Å². The van der Waals surface area contributed by atoms with Crippen molar-refractivity contribution in [1.82, 2.24) is 10.2 Å². The SMILES string of the molecule is Cc1ccc(CN(C(=O)COc2ccc(C)cc2C)C(C)C(=O)NC(C)(C)C)cc1. The summed E-state index contributed by atoms with van der Waals surface area (Å²) in [5, 5.41) is 2.96. The summed E-state index contributed by atoms with van der Waals surface area (Å²) in [6, 6.07) is 13.2. The van der Waals surface area contributed by atoms with Gasteiger partial charge in [-0.1, -0.05) is 47.5 Å². The fourth-order valence-electron chi connectivity index (χ4n) is 3.13. The summed E-state index contributed by atoms with van der Waals surface area (Å²) in [5.74, 6) is 0.262. The lowest BCUT2D eigenvalue weighted by atomic mass is 10.1. The molecule has 0 aromatic heterocycles. The summed E-state index contributed by atoms with van der Waals surface area (Å²) < 4.78 is 5.80. The summed E-state index contributed by atoms with van der Waals surface area (Å²) >= 11 is 0. The minimum absolute atomic E-state index is 0.122. The topological polar surface area (TPSA) is 58.6 Å². The van der Waals surface area contributed by atoms with Crippen molar-refractivity contribution in [3.05, 3.63) is 64.7 Å². The van der Waals surface area contributed by atoms with Gasteiger partial charge in [0.1, 0.15) is 11.8 Å². The maximum atomic E-state index is 13.1. The molecule has 0 fully saturated rings. The maximum Gasteiger partial charge on any atom is 0.261 e. The van der Waals surface area contributed by atoms with Crippen LogP contribution in [0, 0.1) is 20.8 Å². The van der Waals surface area contributed by atoms with Gasteiger partial charge >= 0.3 is 0 Å². The third kappa shape index (κ3) is 6.90. The average Bonchev–Trinajstić information content (AvgIpc) is 2.64. The number of carbonyl (C=O) groups excluding carboxylic acids is 2. The van der Waals surface area contributed by atoms with Gasteiger partial charge in [-0.15, -0.1) is 0 Å². The standard InChI is InChI=1S/C25H34N2O3/c1-17-8-11-21(12-9-17)15-27(20(4)24(29)26-25(5,6)7)23(28)16-30-22-13-10-18(2)14-19(22)3/h8-14,20H,15-16H2,1-7H3,(H,26,29). The molecule has 0 aliphatic heterocycles. The second kappa shape index (κ2) is 9.79. The lowest BCUT2D eigenvalue weighted by Gasteiger charge is -2.31. The molecule has 1 N–H and O–H groups in total. The molecule has 1 atom stereocenters. The van der Waals surface area contributed by atoms with E-state index >= 15 is 0 Å². The zero-order valence-corrected chi connectivity index (χ0v) is 19.2. The van der Waals surface area contributed by atoms with Gasteiger partial charge < -0.3 is 15.0 Å². The first-order valence-electron chi connectivity index (χ1n) is 10.3. The summed E-state index contributed by atoms with van der Waals surface area (Å²) in [5.41, 5.74) is 3.86. The number of hydrogen-bond donors (Lipinski definition) is 1. The Hall–Kier alpha value is -2.82. The summed E-state index contributed by atoms with van der Waals surface area (Å²) in [4.78, 5) is 27.4. The first-order valence-corrected chi connectivity index (χ1v) is 10.3. The predicted octanol–water partition coefficient (Wildman–Crippen LogP) is 4.32. The van der Waals surface area contributed by atoms with E-state index in [1.54, 1.807) is 11.8 Å². The Labute approximate surface area is 180 Å². The lowest BCUT2D eigenvalue weighted by Crippen LogP contribution is -2.53. The molecular weight excluding hydrogens is 376 g/mol. The van der Waals surface area contributed by atoms with Crippen molar-refractivity contribution in [2.75, 3.05) is 6.61 Å². The van der Waals surface area contributed by atoms with Crippen molar-refractivity contribution in [1.29, 1.82) is 0 Å². The minimum atomic E-state index is -0.624. The highest BCUT2D eigenvalue weighted by Gasteiger charge is 2.28. The number of benzene rings is 2. The van der Waals surface area contributed by atoms with Crippen LogP contribution >= 0.6 is 0 Å². The van der Waals surface area contributed by atoms with Crippen LogP contribution in [0.5, 0.6) is 5.75 Å². The van der Waals surface area contributed by atoms with Crippen LogP contribution in [0.2, 0.25) is 0 Å². The molecule has 5 nitrogen and oxygen atoms in total. The number of amides is 2. The van der Waals surface area contributed by atoms with Crippen LogP contribution in [0.3, 0.4) is 0 Å². The smallest absolute Gasteiger partial charge is 0.261 e. The molecule has 1 unspecified atom stereocenters. The number of ether oxygens (including phenoxy) is 1. The van der Waals surface area contributed by atoms with E-state index in [4.69, 9.17) is 4.74 Å². The fraction of sp³-hybridized carbons (Fsp3) is 0.440. The van der Waals surface area contributed by atoms with E-state index in [2.05, 4.69) is 5.32 Å². The molecule has 30 heavy (non-hydrogen) atoms. The number of carbonyl (C=O) groups is 2. The summed E-state index contributed by atoms with van der Waals surface area (Å²) in [6.45, 7) is 13.7. The fourth-order valence-corrected chi connectivity index (χ4v) is 3.13. The molecule has 0 spiro atoms. The number of rotatable bonds is 7. The first kappa shape index (κ1) is 23.5. The molecule has 162 valence electrons. The molecule has 0 aliphatic carbocycles. The minimum Gasteiger partial charge on any atom is -0.483 e. The molecule has 0 saturated carbocycles. The van der Waals surface area contributed by atoms with Gasteiger partial charge in [-0.2, -0.15) is 0 Å². The third-order valence-corrected chi connectivity index (χ3v) is 4.82. The Morgan fingerprint density at radius 1 is 1.00 bits per heavy atom. The van der Waals surface area contributed by atoms with Crippen LogP contribution in [-0.2, 0) is 16.1 Å². The van der Waals surface area contributed by atoms with E-state index in [0.717, 1.165) is 22.3 Å². The van der Waals surface area contributed by atoms with Crippen LogP contribution < -0.4 is 10.1 Å². The molecule has 0 saturated heterocycles. The normalized spacial score (nSPS) is 12.2. The van der Waals surface area contributed by atoms with Gasteiger partial charge in [-0.25, -0.2) is 0 Å². The van der Waals surface area contributed by atoms with Crippen LogP contribution in [-0.4, -0.2) is 34.9 Å². The van der Waals surface area contributed by atoms with Crippen molar-refractivity contribution < 1.29 is 14.3 Å². The molecule has 2 aromatic rings. The van der Waals surface area contributed by atoms with Gasteiger partial charge in [0, 0.05) is 12.1 Å². The Morgan fingerprint density at radius 2 is 1.60 bits per heavy atom. The number of nitrogens with one attached hydrogen (secondary N) is 1. The Morgan fingerprint density at radius 3 is 2.17 bits per heavy atom. The number of nitrogens with zero attached hydrogens (tertiary/aromatic N) is 1. The third-order valence-electron chi connectivity index (χ3n) is 4.82. The molecule has 2 amide bonds. The quantitative estimate of drug-likeness (QED) is 0.739. The van der Waals surface area contributed by atoms with E-state index in [9.17, 15) is 9.59 Å². The maximum absolute atomic E-state index is 13.1. The second-order valence-electron chi connectivity index (χ2n) is 8.98. The number of hydrogen-bond acceptors (Lipinski definition) is 3. The van der Waals surface area contributed by atoms with E-state index < -0.39 is 6.04 Å². The van der Waals surface area contributed by atoms with E-state index in [1.165, 1.54) is 0 Å². The molecule has 5 heteroatoms. The highest BCUT2D eigenvalue weighted by atomic mass is 16.5. The Kier molecular flexibility index (Phi) is 7.65. The molecule has 2 rings (SSSR count). The second-order valence-corrected chi connectivity index (χ2v) is 8.98. The molecule has 0 aliphatic rings. The van der Waals surface area contributed by atoms with Crippen molar-refractivity contribution in [2.24, 2.45) is 0 Å². The number of aryl methyl sites for hydroxylation is 3. The molecule has 0 bridgehead atoms. The van der Waals surface area contributed by atoms with Crippen molar-refractivity contribution >= 4 is 11.8 Å². The molecule has 0 heterocycles. The van der Waals surface area contributed by atoms with Gasteiger partial charge in [0.15, 0.2) is 6.61 Å². The Bertz CT molecular complexity index is 882. The lowest BCUT2D eigenvalue weighted by molar-refractivity contribution is -0.142. The zero-order chi connectivity index (χ0) is 22.5. The largest absolute Gasteiger partial charge is 0.483 e. The van der Waals surface area contributed by atoms with Crippen molar-refractivity contribution in [3.8, 4) is 5.75 Å². The van der Waals surface area contributed by atoms with E-state index in [1.807, 2.05) is 84.0 Å². The molecule has 2 aromatic carbocycles. The summed E-state index contributed by atoms with van der Waals surface area (Å²) in [7, 11) is 0. The van der Waals surface area contributed by atoms with Crippen LogP contribution in [0.25, 0.3) is 0 Å². The van der Waals surface area contributed by atoms with Gasteiger partial charge in [0.05, 0.1) is 0 Å². The molecular formula is C25H34N2O3. The van der Waals surface area contributed by atoms with Crippen molar-refractivity contribution in [3.63, 3.8) is 0 Å². The van der Waals surface area contributed by atoms with E-state index in [-0.39, 0.29) is 24.0 Å². The highest BCUT2D eigenvalue weighted by molar-refractivity contribution is 5.88.